The molecule has 0 radical (unpaired) electrons. The van der Waals surface area contributed by atoms with Crippen molar-refractivity contribution in [1.29, 1.82) is 5.26 Å². The van der Waals surface area contributed by atoms with Crippen molar-refractivity contribution >= 4 is 5.57 Å². The minimum Gasteiger partial charge on any atom is -0.305 e. The summed E-state index contributed by atoms with van der Waals surface area (Å²) in [6.45, 7) is 4.84. The quantitative estimate of drug-likeness (QED) is 0.723. The summed E-state index contributed by atoms with van der Waals surface area (Å²) in [5.41, 5.74) is 2.85. The Kier molecular flexibility index (Phi) is 3.44. The van der Waals surface area contributed by atoms with E-state index in [4.69, 9.17) is 5.26 Å². The largest absolute Gasteiger partial charge is 0.305 e. The van der Waals surface area contributed by atoms with Crippen LogP contribution in [-0.2, 0) is 0 Å². The zero-order valence-electron chi connectivity index (χ0n) is 8.62. The van der Waals surface area contributed by atoms with E-state index in [1.807, 2.05) is 38.4 Å². The fourth-order valence-corrected chi connectivity index (χ4v) is 1.25. The standard InChI is InChI=1S/C12H14N2/c1-10(9-14(2)3)12-6-4-11(8-13)5-7-12/h4-7H,1,9H2,2-3H3. The van der Waals surface area contributed by atoms with Crippen molar-refractivity contribution in [2.45, 2.75) is 0 Å². The van der Waals surface area contributed by atoms with Gasteiger partial charge in [-0.15, -0.1) is 0 Å². The smallest absolute Gasteiger partial charge is 0.0991 e. The normalized spacial score (nSPS) is 9.86. The van der Waals surface area contributed by atoms with Crippen LogP contribution in [0.1, 0.15) is 11.1 Å². The van der Waals surface area contributed by atoms with Gasteiger partial charge in [-0.25, -0.2) is 0 Å². The van der Waals surface area contributed by atoms with Crippen LogP contribution in [0.15, 0.2) is 30.8 Å². The van der Waals surface area contributed by atoms with E-state index in [1.54, 1.807) is 0 Å². The number of rotatable bonds is 3. The Balaban J connectivity index is 2.78. The van der Waals surface area contributed by atoms with E-state index in [1.165, 1.54) is 0 Å². The van der Waals surface area contributed by atoms with Gasteiger partial charge in [-0.2, -0.15) is 5.26 Å². The second-order valence-corrected chi connectivity index (χ2v) is 3.53. The molecule has 0 spiro atoms. The van der Waals surface area contributed by atoms with Crippen LogP contribution < -0.4 is 0 Å². The topological polar surface area (TPSA) is 27.0 Å². The van der Waals surface area contributed by atoms with Crippen molar-refractivity contribution in [2.24, 2.45) is 0 Å². The van der Waals surface area contributed by atoms with Crippen LogP contribution in [0.4, 0.5) is 0 Å². The van der Waals surface area contributed by atoms with Crippen LogP contribution >= 0.6 is 0 Å². The average molecular weight is 186 g/mol. The van der Waals surface area contributed by atoms with E-state index >= 15 is 0 Å². The van der Waals surface area contributed by atoms with Crippen LogP contribution in [0.2, 0.25) is 0 Å². The summed E-state index contributed by atoms with van der Waals surface area (Å²) in [4.78, 5) is 2.07. The lowest BCUT2D eigenvalue weighted by Gasteiger charge is -2.12. The Hall–Kier alpha value is -1.59. The molecule has 0 amide bonds. The van der Waals surface area contributed by atoms with E-state index in [9.17, 15) is 0 Å². The van der Waals surface area contributed by atoms with Crippen LogP contribution in [0, 0.1) is 11.3 Å². The van der Waals surface area contributed by atoms with Crippen LogP contribution in [0.5, 0.6) is 0 Å². The van der Waals surface area contributed by atoms with E-state index in [0.29, 0.717) is 5.56 Å². The fraction of sp³-hybridized carbons (Fsp3) is 0.250. The van der Waals surface area contributed by atoms with Gasteiger partial charge in [0.2, 0.25) is 0 Å². The van der Waals surface area contributed by atoms with Gasteiger partial charge in [-0.3, -0.25) is 0 Å². The maximum Gasteiger partial charge on any atom is 0.0991 e. The summed E-state index contributed by atoms with van der Waals surface area (Å²) >= 11 is 0. The molecule has 0 aromatic heterocycles. The van der Waals surface area contributed by atoms with Gasteiger partial charge in [-0.1, -0.05) is 18.7 Å². The molecule has 0 heterocycles. The molecule has 2 heteroatoms. The highest BCUT2D eigenvalue weighted by molar-refractivity contribution is 5.65. The molecule has 14 heavy (non-hydrogen) atoms. The van der Waals surface area contributed by atoms with Gasteiger partial charge in [-0.05, 0) is 37.4 Å². The molecule has 2 nitrogen and oxygen atoms in total. The summed E-state index contributed by atoms with van der Waals surface area (Å²) in [5.74, 6) is 0. The maximum atomic E-state index is 8.63. The Labute approximate surface area is 85.1 Å². The van der Waals surface area contributed by atoms with Gasteiger partial charge in [0.15, 0.2) is 0 Å². The lowest BCUT2D eigenvalue weighted by Crippen LogP contribution is -2.13. The molecule has 1 aromatic rings. The number of nitrogens with zero attached hydrogens (tertiary/aromatic N) is 2. The zero-order chi connectivity index (χ0) is 10.6. The highest BCUT2D eigenvalue weighted by Crippen LogP contribution is 2.13. The third-order valence-electron chi connectivity index (χ3n) is 1.93. The van der Waals surface area contributed by atoms with Gasteiger partial charge in [0.05, 0.1) is 11.6 Å². The highest BCUT2D eigenvalue weighted by atomic mass is 15.0. The summed E-state index contributed by atoms with van der Waals surface area (Å²) in [7, 11) is 4.02. The maximum absolute atomic E-state index is 8.63. The van der Waals surface area contributed by atoms with Gasteiger partial charge in [0, 0.05) is 6.54 Å². The molecular weight excluding hydrogens is 172 g/mol. The van der Waals surface area contributed by atoms with Crippen LogP contribution in [-0.4, -0.2) is 25.5 Å². The van der Waals surface area contributed by atoms with Gasteiger partial charge >= 0.3 is 0 Å². The number of likely N-dealkylation sites (N-methyl/N-ethyl adjacent to an activating group) is 1. The minimum atomic E-state index is 0.686. The van der Waals surface area contributed by atoms with Crippen molar-refractivity contribution in [3.63, 3.8) is 0 Å². The zero-order valence-corrected chi connectivity index (χ0v) is 8.62. The first-order valence-electron chi connectivity index (χ1n) is 4.46. The molecule has 1 aromatic carbocycles. The van der Waals surface area contributed by atoms with Crippen LogP contribution in [0.3, 0.4) is 0 Å². The van der Waals surface area contributed by atoms with E-state index < -0.39 is 0 Å². The number of benzene rings is 1. The van der Waals surface area contributed by atoms with E-state index in [0.717, 1.165) is 17.7 Å². The van der Waals surface area contributed by atoms with Gasteiger partial charge in [0.1, 0.15) is 0 Å². The molecule has 0 unspecified atom stereocenters. The molecule has 0 N–H and O–H groups in total. The summed E-state index contributed by atoms with van der Waals surface area (Å²) in [6, 6.07) is 9.59. The predicted molar refractivity (Wildman–Crippen MR) is 58.7 cm³/mol. The number of hydrogen-bond donors (Lipinski definition) is 0. The first-order chi connectivity index (χ1) is 6.63. The highest BCUT2D eigenvalue weighted by Gasteiger charge is 2.00. The molecule has 0 saturated heterocycles. The monoisotopic (exact) mass is 186 g/mol. The summed E-state index contributed by atoms with van der Waals surface area (Å²) < 4.78 is 0. The Morgan fingerprint density at radius 1 is 1.36 bits per heavy atom. The molecule has 72 valence electrons. The third-order valence-corrected chi connectivity index (χ3v) is 1.93. The van der Waals surface area contributed by atoms with E-state index in [2.05, 4.69) is 17.5 Å². The summed E-state index contributed by atoms with van der Waals surface area (Å²) in [6.07, 6.45) is 0. The van der Waals surface area contributed by atoms with Crippen molar-refractivity contribution in [2.75, 3.05) is 20.6 Å². The number of nitriles is 1. The van der Waals surface area contributed by atoms with Crippen molar-refractivity contribution in [3.8, 4) is 6.07 Å². The van der Waals surface area contributed by atoms with Crippen molar-refractivity contribution < 1.29 is 0 Å². The van der Waals surface area contributed by atoms with E-state index in [-0.39, 0.29) is 0 Å². The molecule has 0 fully saturated rings. The average Bonchev–Trinajstić information content (AvgIpc) is 2.17. The first kappa shape index (κ1) is 10.5. The molecule has 0 aliphatic rings. The fourth-order valence-electron chi connectivity index (χ4n) is 1.25. The van der Waals surface area contributed by atoms with Gasteiger partial charge < -0.3 is 4.90 Å². The van der Waals surface area contributed by atoms with Crippen LogP contribution in [0.25, 0.3) is 5.57 Å². The molecular formula is C12H14N2. The third kappa shape index (κ3) is 2.72. The second kappa shape index (κ2) is 4.59. The molecule has 1 rings (SSSR count). The summed E-state index contributed by atoms with van der Waals surface area (Å²) in [5, 5.41) is 8.63. The lowest BCUT2D eigenvalue weighted by molar-refractivity contribution is 0.463. The molecule has 0 bridgehead atoms. The minimum absolute atomic E-state index is 0.686. The first-order valence-corrected chi connectivity index (χ1v) is 4.46. The molecule has 0 saturated carbocycles. The molecule has 0 aliphatic heterocycles. The van der Waals surface area contributed by atoms with Crippen molar-refractivity contribution in [3.05, 3.63) is 42.0 Å². The Morgan fingerprint density at radius 3 is 2.36 bits per heavy atom. The second-order valence-electron chi connectivity index (χ2n) is 3.53. The SMILES string of the molecule is C=C(CN(C)C)c1ccc(C#N)cc1. The Bertz CT molecular complexity index is 355. The van der Waals surface area contributed by atoms with Crippen molar-refractivity contribution in [1.82, 2.24) is 4.90 Å². The molecule has 0 aliphatic carbocycles. The van der Waals surface area contributed by atoms with Gasteiger partial charge in [0.25, 0.3) is 0 Å². The lowest BCUT2D eigenvalue weighted by atomic mass is 10.1. The molecule has 0 atom stereocenters. The number of hydrogen-bond acceptors (Lipinski definition) is 2. The predicted octanol–water partition coefficient (Wildman–Crippen LogP) is 2.13. The Morgan fingerprint density at radius 2 is 1.93 bits per heavy atom.